The molecule has 0 aromatic carbocycles. The highest BCUT2D eigenvalue weighted by Gasteiger charge is 2.34. The molecule has 1 rings (SSSR count). The summed E-state index contributed by atoms with van der Waals surface area (Å²) in [4.78, 5) is 2.57. The van der Waals surface area contributed by atoms with Gasteiger partial charge in [0.1, 0.15) is 0 Å². The van der Waals surface area contributed by atoms with Gasteiger partial charge in [0.2, 0.25) is 0 Å². The molecular weight excluding hydrogens is 248 g/mol. The average molecular weight is 284 g/mol. The van der Waals surface area contributed by atoms with Gasteiger partial charge in [0, 0.05) is 24.2 Å². The Morgan fingerprint density at radius 3 is 2.30 bits per heavy atom. The maximum absolute atomic E-state index is 9.80. The molecule has 1 unspecified atom stereocenters. The third-order valence-corrected chi connectivity index (χ3v) is 4.50. The van der Waals surface area contributed by atoms with Gasteiger partial charge in [-0.1, -0.05) is 20.8 Å². The van der Waals surface area contributed by atoms with E-state index in [2.05, 4.69) is 44.8 Å². The lowest BCUT2D eigenvalue weighted by Gasteiger charge is -2.34. The Hall–Kier alpha value is -0.120. The highest BCUT2D eigenvalue weighted by molar-refractivity contribution is 4.94. The molecular formula is C17H36N2O. The quantitative estimate of drug-likeness (QED) is 0.612. The van der Waals surface area contributed by atoms with E-state index in [0.717, 1.165) is 25.3 Å². The predicted octanol–water partition coefficient (Wildman–Crippen LogP) is 3.03. The van der Waals surface area contributed by atoms with Crippen molar-refractivity contribution < 1.29 is 5.11 Å². The van der Waals surface area contributed by atoms with Gasteiger partial charge in [-0.3, -0.25) is 0 Å². The van der Waals surface area contributed by atoms with Crippen LogP contribution in [0.1, 0.15) is 66.7 Å². The molecule has 1 fully saturated rings. The third-order valence-electron chi connectivity index (χ3n) is 4.50. The van der Waals surface area contributed by atoms with Gasteiger partial charge in [-0.05, 0) is 58.4 Å². The minimum Gasteiger partial charge on any atom is -0.394 e. The van der Waals surface area contributed by atoms with Crippen LogP contribution in [-0.4, -0.2) is 47.3 Å². The topological polar surface area (TPSA) is 35.5 Å². The summed E-state index contributed by atoms with van der Waals surface area (Å²) < 4.78 is 0. The Balaban J connectivity index is 2.40. The highest BCUT2D eigenvalue weighted by atomic mass is 16.3. The maximum Gasteiger partial charge on any atom is 0.0613 e. The van der Waals surface area contributed by atoms with Crippen LogP contribution < -0.4 is 5.32 Å². The zero-order chi connectivity index (χ0) is 15.2. The number of rotatable bonds is 11. The van der Waals surface area contributed by atoms with Crippen LogP contribution in [0.5, 0.6) is 0 Å². The van der Waals surface area contributed by atoms with E-state index in [0.29, 0.717) is 12.1 Å². The lowest BCUT2D eigenvalue weighted by Crippen LogP contribution is -2.49. The van der Waals surface area contributed by atoms with E-state index < -0.39 is 0 Å². The summed E-state index contributed by atoms with van der Waals surface area (Å²) in [5.74, 6) is 0.718. The van der Waals surface area contributed by atoms with E-state index >= 15 is 0 Å². The molecule has 3 nitrogen and oxygen atoms in total. The van der Waals surface area contributed by atoms with E-state index in [1.54, 1.807) is 0 Å². The van der Waals surface area contributed by atoms with Gasteiger partial charge >= 0.3 is 0 Å². The van der Waals surface area contributed by atoms with Crippen molar-refractivity contribution in [1.82, 2.24) is 10.2 Å². The summed E-state index contributed by atoms with van der Waals surface area (Å²) >= 11 is 0. The van der Waals surface area contributed by atoms with Crippen LogP contribution in [0.2, 0.25) is 0 Å². The van der Waals surface area contributed by atoms with Crippen LogP contribution in [0.25, 0.3) is 0 Å². The normalized spacial score (nSPS) is 19.1. The van der Waals surface area contributed by atoms with E-state index in [1.807, 2.05) is 0 Å². The molecule has 1 saturated carbocycles. The van der Waals surface area contributed by atoms with Crippen molar-refractivity contribution in [1.29, 1.82) is 0 Å². The molecule has 0 saturated heterocycles. The van der Waals surface area contributed by atoms with Crippen LogP contribution in [-0.2, 0) is 0 Å². The summed E-state index contributed by atoms with van der Waals surface area (Å²) in [5, 5.41) is 13.5. The Morgan fingerprint density at radius 2 is 1.90 bits per heavy atom. The predicted molar refractivity (Wildman–Crippen MR) is 87.0 cm³/mol. The lowest BCUT2D eigenvalue weighted by atomic mass is 9.90. The van der Waals surface area contributed by atoms with Crippen molar-refractivity contribution >= 4 is 0 Å². The summed E-state index contributed by atoms with van der Waals surface area (Å²) in [6, 6.07) is 1.28. The molecule has 0 bridgehead atoms. The molecule has 0 radical (unpaired) electrons. The van der Waals surface area contributed by atoms with Gasteiger partial charge in [0.05, 0.1) is 6.61 Å². The molecule has 0 heterocycles. The fourth-order valence-electron chi connectivity index (χ4n) is 2.90. The van der Waals surface area contributed by atoms with Crippen LogP contribution >= 0.6 is 0 Å². The first-order valence-electron chi connectivity index (χ1n) is 8.55. The first kappa shape index (κ1) is 17.9. The second kappa shape index (κ2) is 8.35. The molecule has 1 aliphatic carbocycles. The van der Waals surface area contributed by atoms with Crippen LogP contribution in [0.3, 0.4) is 0 Å². The van der Waals surface area contributed by atoms with Crippen molar-refractivity contribution in [3.05, 3.63) is 0 Å². The number of nitrogens with one attached hydrogen (secondary N) is 1. The Labute approximate surface area is 126 Å². The van der Waals surface area contributed by atoms with E-state index in [1.165, 1.54) is 25.8 Å². The minimum absolute atomic E-state index is 0.0400. The molecule has 1 aliphatic rings. The number of aliphatic hydroxyl groups is 1. The fourth-order valence-corrected chi connectivity index (χ4v) is 2.90. The van der Waals surface area contributed by atoms with Gasteiger partial charge in [0.15, 0.2) is 0 Å². The summed E-state index contributed by atoms with van der Waals surface area (Å²) in [5.41, 5.74) is -0.0400. The number of hydrogen-bond donors (Lipinski definition) is 2. The standard InChI is InChI=1S/C17H36N2O/c1-6-17(13-20,18-16-8-9-16)10-7-11-19(15(4)5)12-14(2)3/h14-16,18,20H,6-13H2,1-5H3. The maximum atomic E-state index is 9.80. The number of nitrogens with zero attached hydrogens (tertiary/aromatic N) is 1. The second-order valence-corrected chi connectivity index (χ2v) is 7.30. The molecule has 20 heavy (non-hydrogen) atoms. The fraction of sp³-hybridized carbons (Fsp3) is 1.00. The smallest absolute Gasteiger partial charge is 0.0613 e. The lowest BCUT2D eigenvalue weighted by molar-refractivity contribution is 0.129. The Morgan fingerprint density at radius 1 is 1.25 bits per heavy atom. The first-order valence-corrected chi connectivity index (χ1v) is 8.55. The largest absolute Gasteiger partial charge is 0.394 e. The SMILES string of the molecule is CCC(CO)(CCCN(CC(C)C)C(C)C)NC1CC1. The molecule has 3 heteroatoms. The zero-order valence-electron chi connectivity index (χ0n) is 14.3. The van der Waals surface area contributed by atoms with Gasteiger partial charge in [-0.25, -0.2) is 0 Å². The molecule has 0 spiro atoms. The average Bonchev–Trinajstić information content (AvgIpc) is 3.19. The number of aliphatic hydroxyl groups excluding tert-OH is 1. The van der Waals surface area contributed by atoms with Crippen LogP contribution in [0.15, 0.2) is 0 Å². The van der Waals surface area contributed by atoms with Gasteiger partial charge in [-0.2, -0.15) is 0 Å². The monoisotopic (exact) mass is 284 g/mol. The van der Waals surface area contributed by atoms with Gasteiger partial charge in [-0.15, -0.1) is 0 Å². The summed E-state index contributed by atoms with van der Waals surface area (Å²) in [6.45, 7) is 13.9. The van der Waals surface area contributed by atoms with Crippen molar-refractivity contribution in [3.63, 3.8) is 0 Å². The van der Waals surface area contributed by atoms with E-state index in [9.17, 15) is 5.11 Å². The molecule has 0 amide bonds. The first-order chi connectivity index (χ1) is 9.42. The van der Waals surface area contributed by atoms with Crippen molar-refractivity contribution in [3.8, 4) is 0 Å². The third kappa shape index (κ3) is 6.11. The molecule has 1 atom stereocenters. The second-order valence-electron chi connectivity index (χ2n) is 7.30. The van der Waals surface area contributed by atoms with E-state index in [4.69, 9.17) is 0 Å². The van der Waals surface area contributed by atoms with Crippen LogP contribution in [0.4, 0.5) is 0 Å². The van der Waals surface area contributed by atoms with E-state index in [-0.39, 0.29) is 12.1 Å². The number of hydrogen-bond acceptors (Lipinski definition) is 3. The minimum atomic E-state index is -0.0400. The van der Waals surface area contributed by atoms with Crippen molar-refractivity contribution in [2.24, 2.45) is 5.92 Å². The molecule has 0 aromatic heterocycles. The molecule has 0 aromatic rings. The van der Waals surface area contributed by atoms with Crippen molar-refractivity contribution in [2.45, 2.75) is 84.3 Å². The van der Waals surface area contributed by atoms with Crippen LogP contribution in [0, 0.1) is 5.92 Å². The molecule has 120 valence electrons. The molecule has 2 N–H and O–H groups in total. The Kier molecular flexibility index (Phi) is 7.49. The van der Waals surface area contributed by atoms with Crippen molar-refractivity contribution in [2.75, 3.05) is 19.7 Å². The van der Waals surface area contributed by atoms with Gasteiger partial charge < -0.3 is 15.3 Å². The van der Waals surface area contributed by atoms with Gasteiger partial charge in [0.25, 0.3) is 0 Å². The summed E-state index contributed by atoms with van der Waals surface area (Å²) in [6.07, 6.45) is 5.84. The highest BCUT2D eigenvalue weighted by Crippen LogP contribution is 2.27. The molecule has 0 aliphatic heterocycles. The zero-order valence-corrected chi connectivity index (χ0v) is 14.3. The summed E-state index contributed by atoms with van der Waals surface area (Å²) in [7, 11) is 0. The Bertz CT molecular complexity index is 258.